The summed E-state index contributed by atoms with van der Waals surface area (Å²) in [6, 6.07) is 7.56. The van der Waals surface area contributed by atoms with Crippen molar-refractivity contribution in [2.75, 3.05) is 29.9 Å². The number of aliphatic carboxylic acids is 1. The summed E-state index contributed by atoms with van der Waals surface area (Å²) in [5.41, 5.74) is 1.89. The number of nitrogens with one attached hydrogen (secondary N) is 2. The van der Waals surface area contributed by atoms with Gasteiger partial charge in [0.2, 0.25) is 0 Å². The zero-order chi connectivity index (χ0) is 16.5. The Bertz CT molecular complexity index is 526. The molecule has 1 aromatic carbocycles. The summed E-state index contributed by atoms with van der Waals surface area (Å²) < 4.78 is 0. The maximum atomic E-state index is 11.8. The molecule has 1 fully saturated rings. The fraction of sp³-hybridized carbons (Fsp3) is 0.529. The van der Waals surface area contributed by atoms with E-state index in [0.29, 0.717) is 13.0 Å². The van der Waals surface area contributed by atoms with E-state index in [9.17, 15) is 9.59 Å². The van der Waals surface area contributed by atoms with Crippen LogP contribution in [0.15, 0.2) is 24.3 Å². The Morgan fingerprint density at radius 1 is 1.13 bits per heavy atom. The van der Waals surface area contributed by atoms with Gasteiger partial charge in [0.15, 0.2) is 0 Å². The number of nitrogens with zero attached hydrogens (tertiary/aromatic N) is 1. The predicted octanol–water partition coefficient (Wildman–Crippen LogP) is 3.05. The van der Waals surface area contributed by atoms with Gasteiger partial charge in [0.05, 0.1) is 0 Å². The molecule has 0 spiro atoms. The van der Waals surface area contributed by atoms with E-state index in [-0.39, 0.29) is 12.5 Å². The van der Waals surface area contributed by atoms with E-state index in [1.54, 1.807) is 0 Å². The van der Waals surface area contributed by atoms with Crippen LogP contribution < -0.4 is 15.5 Å². The zero-order valence-corrected chi connectivity index (χ0v) is 13.4. The molecule has 0 atom stereocenters. The van der Waals surface area contributed by atoms with Crippen LogP contribution in [-0.2, 0) is 4.79 Å². The lowest BCUT2D eigenvalue weighted by molar-refractivity contribution is -0.137. The number of rotatable bonds is 6. The average molecular weight is 319 g/mol. The number of benzene rings is 1. The maximum Gasteiger partial charge on any atom is 0.319 e. The molecule has 0 bridgehead atoms. The monoisotopic (exact) mass is 319 g/mol. The third-order valence-electron chi connectivity index (χ3n) is 3.93. The summed E-state index contributed by atoms with van der Waals surface area (Å²) in [4.78, 5) is 24.6. The minimum Gasteiger partial charge on any atom is -0.481 e. The average Bonchev–Trinajstić information content (AvgIpc) is 2.81. The van der Waals surface area contributed by atoms with Crippen molar-refractivity contribution >= 4 is 23.4 Å². The molecule has 6 heteroatoms. The molecule has 1 saturated heterocycles. The number of carboxylic acids is 1. The first-order valence-electron chi connectivity index (χ1n) is 8.27. The molecule has 1 aliphatic rings. The van der Waals surface area contributed by atoms with Gasteiger partial charge in [-0.25, -0.2) is 4.79 Å². The van der Waals surface area contributed by atoms with Gasteiger partial charge < -0.3 is 20.6 Å². The van der Waals surface area contributed by atoms with Crippen LogP contribution in [0.25, 0.3) is 0 Å². The van der Waals surface area contributed by atoms with E-state index in [0.717, 1.165) is 24.5 Å². The van der Waals surface area contributed by atoms with Crippen LogP contribution >= 0.6 is 0 Å². The fourth-order valence-corrected chi connectivity index (χ4v) is 2.73. The van der Waals surface area contributed by atoms with Crippen LogP contribution in [0.3, 0.4) is 0 Å². The Balaban J connectivity index is 1.84. The predicted molar refractivity (Wildman–Crippen MR) is 91.0 cm³/mol. The summed E-state index contributed by atoms with van der Waals surface area (Å²) in [5, 5.41) is 14.0. The Labute approximate surface area is 136 Å². The van der Waals surface area contributed by atoms with E-state index < -0.39 is 5.97 Å². The van der Waals surface area contributed by atoms with Crippen LogP contribution in [0.4, 0.5) is 16.2 Å². The van der Waals surface area contributed by atoms with Crippen molar-refractivity contribution in [2.45, 2.75) is 38.5 Å². The molecule has 1 aliphatic heterocycles. The Morgan fingerprint density at radius 2 is 1.87 bits per heavy atom. The number of carbonyl (C=O) groups is 2. The highest BCUT2D eigenvalue weighted by Crippen LogP contribution is 2.22. The first-order chi connectivity index (χ1) is 11.1. The Hall–Kier alpha value is -2.24. The highest BCUT2D eigenvalue weighted by Gasteiger charge is 2.10. The highest BCUT2D eigenvalue weighted by molar-refractivity contribution is 5.89. The van der Waals surface area contributed by atoms with Crippen molar-refractivity contribution in [1.82, 2.24) is 5.32 Å². The molecule has 1 heterocycles. The topological polar surface area (TPSA) is 81.7 Å². The lowest BCUT2D eigenvalue weighted by Crippen LogP contribution is -2.30. The van der Waals surface area contributed by atoms with Crippen LogP contribution in [0.5, 0.6) is 0 Å². The van der Waals surface area contributed by atoms with Gasteiger partial charge in [0.25, 0.3) is 0 Å². The molecule has 6 nitrogen and oxygen atoms in total. The molecule has 2 rings (SSSR count). The van der Waals surface area contributed by atoms with Crippen molar-refractivity contribution in [2.24, 2.45) is 0 Å². The van der Waals surface area contributed by atoms with E-state index in [1.165, 1.54) is 25.7 Å². The number of carboxylic acid groups (broad SMARTS) is 1. The molecular weight excluding hydrogens is 294 g/mol. The number of hydrogen-bond donors (Lipinski definition) is 3. The van der Waals surface area contributed by atoms with Gasteiger partial charge in [-0.3, -0.25) is 4.79 Å². The minimum atomic E-state index is -0.850. The third-order valence-corrected chi connectivity index (χ3v) is 3.93. The molecule has 0 aromatic heterocycles. The van der Waals surface area contributed by atoms with Crippen LogP contribution in [0.1, 0.15) is 38.5 Å². The first kappa shape index (κ1) is 17.1. The SMILES string of the molecule is O=C(O)CCCNC(=O)Nc1cccc(N2CCCCCC2)c1. The number of carbonyl (C=O) groups excluding carboxylic acids is 1. The van der Waals surface area contributed by atoms with Crippen molar-refractivity contribution in [1.29, 1.82) is 0 Å². The molecule has 0 radical (unpaired) electrons. The second-order valence-electron chi connectivity index (χ2n) is 5.83. The van der Waals surface area contributed by atoms with E-state index in [2.05, 4.69) is 21.6 Å². The van der Waals surface area contributed by atoms with E-state index >= 15 is 0 Å². The number of hydrogen-bond acceptors (Lipinski definition) is 3. The van der Waals surface area contributed by atoms with Crippen molar-refractivity contribution in [3.63, 3.8) is 0 Å². The molecule has 1 aromatic rings. The molecule has 0 saturated carbocycles. The summed E-state index contributed by atoms with van der Waals surface area (Å²) in [7, 11) is 0. The molecule has 126 valence electrons. The van der Waals surface area contributed by atoms with E-state index in [1.807, 2.05) is 18.2 Å². The largest absolute Gasteiger partial charge is 0.481 e. The normalized spacial score (nSPS) is 14.9. The molecule has 23 heavy (non-hydrogen) atoms. The Morgan fingerprint density at radius 3 is 2.57 bits per heavy atom. The van der Waals surface area contributed by atoms with Crippen molar-refractivity contribution in [3.05, 3.63) is 24.3 Å². The standard InChI is InChI=1S/C17H25N3O3/c21-16(22)9-6-10-18-17(23)19-14-7-5-8-15(13-14)20-11-3-1-2-4-12-20/h5,7-8,13H,1-4,6,9-12H2,(H,21,22)(H2,18,19,23). The second kappa shape index (κ2) is 9.02. The third kappa shape index (κ3) is 6.18. The van der Waals surface area contributed by atoms with Gasteiger partial charge in [-0.2, -0.15) is 0 Å². The molecule has 0 aliphatic carbocycles. The minimum absolute atomic E-state index is 0.0602. The molecule has 3 N–H and O–H groups in total. The maximum absolute atomic E-state index is 11.8. The lowest BCUT2D eigenvalue weighted by atomic mass is 10.2. The summed E-state index contributed by atoms with van der Waals surface area (Å²) in [6.45, 7) is 2.47. The highest BCUT2D eigenvalue weighted by atomic mass is 16.4. The van der Waals surface area contributed by atoms with E-state index in [4.69, 9.17) is 5.11 Å². The summed E-state index contributed by atoms with van der Waals surface area (Å²) in [6.07, 6.45) is 5.48. The molecular formula is C17H25N3O3. The fourth-order valence-electron chi connectivity index (χ4n) is 2.73. The second-order valence-corrected chi connectivity index (χ2v) is 5.83. The molecule has 2 amide bonds. The first-order valence-corrected chi connectivity index (χ1v) is 8.27. The van der Waals surface area contributed by atoms with Gasteiger partial charge in [-0.05, 0) is 37.5 Å². The van der Waals surface area contributed by atoms with Crippen LogP contribution in [0.2, 0.25) is 0 Å². The van der Waals surface area contributed by atoms with Gasteiger partial charge in [0.1, 0.15) is 0 Å². The van der Waals surface area contributed by atoms with Gasteiger partial charge >= 0.3 is 12.0 Å². The van der Waals surface area contributed by atoms with Crippen LogP contribution in [0, 0.1) is 0 Å². The van der Waals surface area contributed by atoms with Gasteiger partial charge in [0, 0.05) is 37.4 Å². The van der Waals surface area contributed by atoms with Gasteiger partial charge in [-0.1, -0.05) is 18.9 Å². The zero-order valence-electron chi connectivity index (χ0n) is 13.4. The summed E-state index contributed by atoms with van der Waals surface area (Å²) in [5.74, 6) is -0.850. The lowest BCUT2D eigenvalue weighted by Gasteiger charge is -2.23. The van der Waals surface area contributed by atoms with Crippen molar-refractivity contribution in [3.8, 4) is 0 Å². The van der Waals surface area contributed by atoms with Crippen molar-refractivity contribution < 1.29 is 14.7 Å². The number of urea groups is 1. The van der Waals surface area contributed by atoms with Gasteiger partial charge in [-0.15, -0.1) is 0 Å². The molecule has 0 unspecified atom stereocenters. The quantitative estimate of drug-likeness (QED) is 0.704. The number of amides is 2. The smallest absolute Gasteiger partial charge is 0.319 e. The number of anilines is 2. The summed E-state index contributed by atoms with van der Waals surface area (Å²) >= 11 is 0. The Kier molecular flexibility index (Phi) is 6.72. The van der Waals surface area contributed by atoms with Crippen LogP contribution in [-0.4, -0.2) is 36.7 Å².